The Balaban J connectivity index is 1.35. The van der Waals surface area contributed by atoms with Gasteiger partial charge in [-0.3, -0.25) is 4.98 Å². The van der Waals surface area contributed by atoms with Crippen molar-refractivity contribution in [3.05, 3.63) is 60.4 Å². The predicted molar refractivity (Wildman–Crippen MR) is 140 cm³/mol. The molecule has 6 rings (SSSR count). The number of aliphatic hydroxyl groups is 3. The van der Waals surface area contributed by atoms with E-state index in [4.69, 9.17) is 15.0 Å². The predicted octanol–water partition coefficient (Wildman–Crippen LogP) is 2.23. The summed E-state index contributed by atoms with van der Waals surface area (Å²) in [6.07, 6.45) is 7.43. The number of aryl methyl sites for hydroxylation is 1. The van der Waals surface area contributed by atoms with Gasteiger partial charge < -0.3 is 30.4 Å². The third-order valence-electron chi connectivity index (χ3n) is 6.75. The van der Waals surface area contributed by atoms with E-state index in [9.17, 15) is 15.3 Å². The van der Waals surface area contributed by atoms with Crippen LogP contribution in [-0.2, 0) is 6.54 Å². The third kappa shape index (κ3) is 4.48. The Morgan fingerprint density at radius 2 is 2.00 bits per heavy atom. The molecule has 0 bridgehead atoms. The van der Waals surface area contributed by atoms with Gasteiger partial charge in [0, 0.05) is 43.9 Å². The highest BCUT2D eigenvalue weighted by atomic mass is 32.1. The number of pyridine rings is 2. The number of nitrogens with one attached hydrogen (secondary N) is 2. The minimum atomic E-state index is -1.04. The summed E-state index contributed by atoms with van der Waals surface area (Å²) in [7, 11) is 0. The normalized spacial score (nSPS) is 21.6. The molecule has 5 N–H and O–H groups in total. The van der Waals surface area contributed by atoms with Gasteiger partial charge in [0.15, 0.2) is 0 Å². The molecule has 5 aromatic rings. The molecule has 0 amide bonds. The van der Waals surface area contributed by atoms with Gasteiger partial charge in [0.25, 0.3) is 0 Å². The molecular formula is C25H26N8O3S. The number of hydrogen-bond donors (Lipinski definition) is 5. The largest absolute Gasteiger partial charge is 0.396 e. The lowest BCUT2D eigenvalue weighted by Gasteiger charge is -2.21. The Morgan fingerprint density at radius 1 is 1.11 bits per heavy atom. The van der Waals surface area contributed by atoms with Crippen LogP contribution in [0.15, 0.2) is 49.2 Å². The second kappa shape index (κ2) is 9.63. The van der Waals surface area contributed by atoms with E-state index < -0.39 is 24.2 Å². The first-order valence-corrected chi connectivity index (χ1v) is 12.8. The SMILES string of the molecule is Cc1nc(NCc2ccc3nccn3c2)nc(N[C@@H]2C[C@H](CO)[C@@H](O)[C@H]2O)c1-c1nc2cnccc2s1. The van der Waals surface area contributed by atoms with Crippen molar-refractivity contribution in [2.75, 3.05) is 17.2 Å². The Bertz CT molecular complexity index is 1540. The van der Waals surface area contributed by atoms with Crippen LogP contribution in [0.25, 0.3) is 26.4 Å². The minimum Gasteiger partial charge on any atom is -0.396 e. The first-order chi connectivity index (χ1) is 18.0. The number of fused-ring (bicyclic) bond motifs is 2. The van der Waals surface area contributed by atoms with Gasteiger partial charge >= 0.3 is 0 Å². The summed E-state index contributed by atoms with van der Waals surface area (Å²) in [6.45, 7) is 2.19. The number of nitrogens with zero attached hydrogens (tertiary/aromatic N) is 6. The number of aliphatic hydroxyl groups excluding tert-OH is 3. The Labute approximate surface area is 215 Å². The number of thiazole rings is 1. The number of rotatable bonds is 7. The monoisotopic (exact) mass is 518 g/mol. The van der Waals surface area contributed by atoms with Crippen LogP contribution in [0.4, 0.5) is 11.8 Å². The topological polar surface area (TPSA) is 154 Å². The van der Waals surface area contributed by atoms with E-state index in [-0.39, 0.29) is 6.61 Å². The van der Waals surface area contributed by atoms with Gasteiger partial charge in [0.2, 0.25) is 5.95 Å². The fraction of sp³-hybridized carbons (Fsp3) is 0.320. The molecule has 0 radical (unpaired) electrons. The molecular weight excluding hydrogens is 492 g/mol. The molecule has 5 aromatic heterocycles. The van der Waals surface area contributed by atoms with Crippen LogP contribution in [0.3, 0.4) is 0 Å². The molecule has 1 fully saturated rings. The second-order valence-corrected chi connectivity index (χ2v) is 10.2. The lowest BCUT2D eigenvalue weighted by Crippen LogP contribution is -2.35. The zero-order chi connectivity index (χ0) is 25.5. The van der Waals surface area contributed by atoms with Crippen LogP contribution in [0.1, 0.15) is 17.7 Å². The van der Waals surface area contributed by atoms with E-state index >= 15 is 0 Å². The number of anilines is 2. The van der Waals surface area contributed by atoms with Crippen molar-refractivity contribution >= 4 is 39.0 Å². The van der Waals surface area contributed by atoms with Crippen LogP contribution in [0.5, 0.6) is 0 Å². The van der Waals surface area contributed by atoms with E-state index in [0.29, 0.717) is 30.4 Å². The molecule has 12 heteroatoms. The van der Waals surface area contributed by atoms with Crippen molar-refractivity contribution in [2.24, 2.45) is 5.92 Å². The maximum Gasteiger partial charge on any atom is 0.225 e. The molecule has 11 nitrogen and oxygen atoms in total. The molecule has 5 heterocycles. The van der Waals surface area contributed by atoms with Crippen LogP contribution in [0, 0.1) is 12.8 Å². The standard InChI is InChI=1S/C25H26N8O3S/c1-13-20(24-31-17-10-26-5-4-18(17)37-24)23(30-16-8-15(12-34)21(35)22(16)36)32-25(29-13)28-9-14-2-3-19-27-6-7-33(19)11-14/h2-7,10-11,15-16,21-22,34-36H,8-9,12H2,1H3,(H2,28,29,30,32)/t15-,16-,21-,22+/m1/s1. The first-order valence-electron chi connectivity index (χ1n) is 12.0. The number of hydrogen-bond acceptors (Lipinski definition) is 11. The summed E-state index contributed by atoms with van der Waals surface area (Å²) >= 11 is 1.51. The lowest BCUT2D eigenvalue weighted by atomic mass is 10.1. The summed E-state index contributed by atoms with van der Waals surface area (Å²) in [5.74, 6) is 0.508. The minimum absolute atomic E-state index is 0.203. The molecule has 4 atom stereocenters. The average Bonchev–Trinajstić information content (AvgIpc) is 3.61. The molecule has 190 valence electrons. The van der Waals surface area contributed by atoms with E-state index in [1.54, 1.807) is 18.6 Å². The molecule has 0 saturated heterocycles. The highest BCUT2D eigenvalue weighted by molar-refractivity contribution is 7.21. The zero-order valence-corrected chi connectivity index (χ0v) is 20.8. The van der Waals surface area contributed by atoms with Gasteiger partial charge in [0.1, 0.15) is 28.1 Å². The van der Waals surface area contributed by atoms with Crippen LogP contribution >= 0.6 is 11.3 Å². The summed E-state index contributed by atoms with van der Waals surface area (Å²) in [4.78, 5) is 22.7. The van der Waals surface area contributed by atoms with E-state index in [1.807, 2.05) is 41.9 Å². The smallest absolute Gasteiger partial charge is 0.225 e. The average molecular weight is 519 g/mol. The highest BCUT2D eigenvalue weighted by Crippen LogP contribution is 2.38. The van der Waals surface area contributed by atoms with Crippen LogP contribution < -0.4 is 10.6 Å². The van der Waals surface area contributed by atoms with Crippen molar-refractivity contribution in [2.45, 2.75) is 38.1 Å². The molecule has 0 aromatic carbocycles. The third-order valence-corrected chi connectivity index (χ3v) is 7.81. The molecule has 1 saturated carbocycles. The molecule has 0 aliphatic heterocycles. The van der Waals surface area contributed by atoms with Gasteiger partial charge in [-0.1, -0.05) is 6.07 Å². The summed E-state index contributed by atoms with van der Waals surface area (Å²) in [5.41, 5.74) is 4.12. The fourth-order valence-corrected chi connectivity index (χ4v) is 5.81. The summed E-state index contributed by atoms with van der Waals surface area (Å²) in [6, 6.07) is 5.37. The van der Waals surface area contributed by atoms with Gasteiger partial charge in [0.05, 0.1) is 34.3 Å². The van der Waals surface area contributed by atoms with Crippen LogP contribution in [0.2, 0.25) is 0 Å². The van der Waals surface area contributed by atoms with Gasteiger partial charge in [-0.25, -0.2) is 15.0 Å². The molecule has 0 unspecified atom stereocenters. The summed E-state index contributed by atoms with van der Waals surface area (Å²) < 4.78 is 2.94. The van der Waals surface area contributed by atoms with Crippen molar-refractivity contribution in [3.63, 3.8) is 0 Å². The number of aromatic nitrogens is 6. The van der Waals surface area contributed by atoms with Crippen molar-refractivity contribution in [1.82, 2.24) is 29.3 Å². The van der Waals surface area contributed by atoms with Gasteiger partial charge in [-0.05, 0) is 31.0 Å². The molecule has 37 heavy (non-hydrogen) atoms. The van der Waals surface area contributed by atoms with E-state index in [0.717, 1.165) is 32.0 Å². The molecule has 0 spiro atoms. The van der Waals surface area contributed by atoms with E-state index in [1.165, 1.54) is 11.3 Å². The van der Waals surface area contributed by atoms with Crippen LogP contribution in [-0.4, -0.2) is 69.5 Å². The van der Waals surface area contributed by atoms with Crippen molar-refractivity contribution in [3.8, 4) is 10.6 Å². The lowest BCUT2D eigenvalue weighted by molar-refractivity contribution is 0.00446. The van der Waals surface area contributed by atoms with Gasteiger partial charge in [-0.2, -0.15) is 4.98 Å². The van der Waals surface area contributed by atoms with Crippen molar-refractivity contribution < 1.29 is 15.3 Å². The maximum atomic E-state index is 10.6. The Morgan fingerprint density at radius 3 is 2.81 bits per heavy atom. The second-order valence-electron chi connectivity index (χ2n) is 9.21. The fourth-order valence-electron chi connectivity index (χ4n) is 4.78. The maximum absolute atomic E-state index is 10.6. The molecule has 1 aliphatic rings. The van der Waals surface area contributed by atoms with Crippen molar-refractivity contribution in [1.29, 1.82) is 0 Å². The van der Waals surface area contributed by atoms with E-state index in [2.05, 4.69) is 20.6 Å². The van der Waals surface area contributed by atoms with Gasteiger partial charge in [-0.15, -0.1) is 11.3 Å². The first kappa shape index (κ1) is 23.7. The quantitative estimate of drug-likeness (QED) is 0.217. The summed E-state index contributed by atoms with van der Waals surface area (Å²) in [5, 5.41) is 38.0. The Kier molecular flexibility index (Phi) is 6.16. The highest BCUT2D eigenvalue weighted by Gasteiger charge is 2.41. The molecule has 1 aliphatic carbocycles. The Hall–Kier alpha value is -3.71. The zero-order valence-electron chi connectivity index (χ0n) is 20.0. The number of imidazole rings is 1.